The normalized spacial score (nSPS) is 10.6. The molecule has 1 amide bonds. The third kappa shape index (κ3) is 3.12. The number of nitrogens with one attached hydrogen (secondary N) is 1. The van der Waals surface area contributed by atoms with Gasteiger partial charge in [0.15, 0.2) is 0 Å². The van der Waals surface area contributed by atoms with Gasteiger partial charge < -0.3 is 14.5 Å². The molecule has 0 spiro atoms. The largest absolute Gasteiger partial charge is 0.495 e. The van der Waals surface area contributed by atoms with Crippen LogP contribution in [0.4, 0.5) is 5.69 Å². The summed E-state index contributed by atoms with van der Waals surface area (Å²) in [7, 11) is 1.51. The van der Waals surface area contributed by atoms with E-state index >= 15 is 0 Å². The zero-order chi connectivity index (χ0) is 17.3. The maximum Gasteiger partial charge on any atom is 0.349 e. The predicted octanol–water partition coefficient (Wildman–Crippen LogP) is 4.02. The summed E-state index contributed by atoms with van der Waals surface area (Å²) in [4.78, 5) is 24.6. The number of rotatable bonds is 3. The molecule has 0 aliphatic rings. The number of carbonyl (C=O) groups excluding carboxylic acids is 1. The molecule has 1 N–H and O–H groups in total. The second kappa shape index (κ2) is 6.37. The first kappa shape index (κ1) is 16.1. The van der Waals surface area contributed by atoms with E-state index in [4.69, 9.17) is 20.8 Å². The molecule has 2 aromatic carbocycles. The Morgan fingerprint density at radius 2 is 1.96 bits per heavy atom. The Kier molecular flexibility index (Phi) is 4.27. The van der Waals surface area contributed by atoms with Crippen LogP contribution in [0.5, 0.6) is 5.75 Å². The average Bonchev–Trinajstić information content (AvgIpc) is 2.54. The Bertz CT molecular complexity index is 994. The highest BCUT2D eigenvalue weighted by Crippen LogP contribution is 2.26. The van der Waals surface area contributed by atoms with Crippen molar-refractivity contribution in [1.29, 1.82) is 0 Å². The van der Waals surface area contributed by atoms with Gasteiger partial charge in [0.05, 0.1) is 12.8 Å². The van der Waals surface area contributed by atoms with Crippen LogP contribution in [-0.2, 0) is 0 Å². The van der Waals surface area contributed by atoms with Gasteiger partial charge in [0, 0.05) is 10.4 Å². The molecule has 122 valence electrons. The van der Waals surface area contributed by atoms with E-state index in [1.165, 1.54) is 13.2 Å². The van der Waals surface area contributed by atoms with Gasteiger partial charge in [-0.3, -0.25) is 4.79 Å². The van der Waals surface area contributed by atoms with E-state index in [0.717, 1.165) is 5.56 Å². The van der Waals surface area contributed by atoms with Crippen LogP contribution in [-0.4, -0.2) is 13.0 Å². The number of hydrogen-bond donors (Lipinski definition) is 1. The van der Waals surface area contributed by atoms with Crippen LogP contribution < -0.4 is 15.7 Å². The third-order valence-corrected chi connectivity index (χ3v) is 3.78. The molecule has 0 saturated carbocycles. The lowest BCUT2D eigenvalue weighted by atomic mass is 10.1. The minimum absolute atomic E-state index is 0.103. The average molecular weight is 344 g/mol. The highest BCUT2D eigenvalue weighted by atomic mass is 35.5. The van der Waals surface area contributed by atoms with Crippen LogP contribution in [0.2, 0.25) is 5.02 Å². The van der Waals surface area contributed by atoms with Gasteiger partial charge in [-0.25, -0.2) is 4.79 Å². The van der Waals surface area contributed by atoms with Crippen LogP contribution in [0.15, 0.2) is 51.7 Å². The van der Waals surface area contributed by atoms with Crippen molar-refractivity contribution in [2.45, 2.75) is 6.92 Å². The fourth-order valence-corrected chi connectivity index (χ4v) is 2.54. The minimum Gasteiger partial charge on any atom is -0.495 e. The van der Waals surface area contributed by atoms with E-state index in [1.807, 2.05) is 13.0 Å². The summed E-state index contributed by atoms with van der Waals surface area (Å²) in [6, 6.07) is 11.7. The Balaban J connectivity index is 2.01. The molecule has 1 aromatic heterocycles. The molecule has 0 unspecified atom stereocenters. The van der Waals surface area contributed by atoms with Crippen molar-refractivity contribution in [1.82, 2.24) is 0 Å². The number of aryl methyl sites for hydroxylation is 1. The number of amides is 1. The van der Waals surface area contributed by atoms with Crippen LogP contribution in [0.3, 0.4) is 0 Å². The first-order valence-electron chi connectivity index (χ1n) is 7.17. The molecule has 0 aliphatic heterocycles. The summed E-state index contributed by atoms with van der Waals surface area (Å²) in [6.07, 6.45) is 0. The Labute approximate surface area is 142 Å². The summed E-state index contributed by atoms with van der Waals surface area (Å²) in [5, 5.41) is 3.74. The number of halogens is 1. The lowest BCUT2D eigenvalue weighted by Crippen LogP contribution is -2.21. The molecule has 0 saturated heterocycles. The summed E-state index contributed by atoms with van der Waals surface area (Å²) in [6.45, 7) is 1.89. The van der Waals surface area contributed by atoms with E-state index in [-0.39, 0.29) is 5.56 Å². The Morgan fingerprint density at radius 1 is 1.17 bits per heavy atom. The van der Waals surface area contributed by atoms with E-state index in [1.54, 1.807) is 30.3 Å². The van der Waals surface area contributed by atoms with E-state index in [9.17, 15) is 9.59 Å². The monoisotopic (exact) mass is 343 g/mol. The van der Waals surface area contributed by atoms with Gasteiger partial charge in [-0.1, -0.05) is 17.7 Å². The van der Waals surface area contributed by atoms with Crippen molar-refractivity contribution in [3.8, 4) is 5.75 Å². The molecule has 3 aromatic rings. The molecule has 0 aliphatic carbocycles. The SMILES string of the molecule is COc1ccc(C)cc1NC(=O)c1cc2cc(Cl)ccc2oc1=O. The molecule has 0 radical (unpaired) electrons. The lowest BCUT2D eigenvalue weighted by molar-refractivity contribution is 0.102. The Morgan fingerprint density at radius 3 is 2.71 bits per heavy atom. The maximum atomic E-state index is 12.5. The fraction of sp³-hybridized carbons (Fsp3) is 0.111. The van der Waals surface area contributed by atoms with Gasteiger partial charge in [-0.2, -0.15) is 0 Å². The number of benzene rings is 2. The van der Waals surface area contributed by atoms with Gasteiger partial charge in [0.1, 0.15) is 16.9 Å². The van der Waals surface area contributed by atoms with E-state index in [0.29, 0.717) is 27.4 Å². The Hall–Kier alpha value is -2.79. The zero-order valence-corrected chi connectivity index (χ0v) is 13.8. The van der Waals surface area contributed by atoms with E-state index in [2.05, 4.69) is 5.32 Å². The quantitative estimate of drug-likeness (QED) is 0.729. The number of anilines is 1. The standard InChI is InChI=1S/C18H14ClNO4/c1-10-3-5-16(23-2)14(7-10)20-17(21)13-9-11-8-12(19)4-6-15(11)24-18(13)22/h3-9H,1-2H3,(H,20,21). The number of fused-ring (bicyclic) bond motifs is 1. The van der Waals surface area contributed by atoms with Crippen molar-refractivity contribution in [2.24, 2.45) is 0 Å². The van der Waals surface area contributed by atoms with Crippen molar-refractivity contribution in [3.63, 3.8) is 0 Å². The smallest absolute Gasteiger partial charge is 0.349 e. The maximum absolute atomic E-state index is 12.5. The molecule has 6 heteroatoms. The van der Waals surface area contributed by atoms with Gasteiger partial charge in [-0.05, 0) is 48.9 Å². The second-order valence-electron chi connectivity index (χ2n) is 5.29. The van der Waals surface area contributed by atoms with E-state index < -0.39 is 11.5 Å². The molecule has 24 heavy (non-hydrogen) atoms. The van der Waals surface area contributed by atoms with Crippen molar-refractivity contribution >= 4 is 34.2 Å². The first-order valence-corrected chi connectivity index (χ1v) is 7.55. The first-order chi connectivity index (χ1) is 11.5. The van der Waals surface area contributed by atoms with Crippen LogP contribution in [0, 0.1) is 6.92 Å². The number of ether oxygens (including phenoxy) is 1. The predicted molar refractivity (Wildman–Crippen MR) is 93.2 cm³/mol. The molecule has 0 fully saturated rings. The summed E-state index contributed by atoms with van der Waals surface area (Å²) < 4.78 is 10.4. The molecule has 1 heterocycles. The summed E-state index contributed by atoms with van der Waals surface area (Å²) >= 11 is 5.94. The van der Waals surface area contributed by atoms with Gasteiger partial charge in [0.25, 0.3) is 5.91 Å². The lowest BCUT2D eigenvalue weighted by Gasteiger charge is -2.11. The number of carbonyl (C=O) groups is 1. The molecule has 0 atom stereocenters. The van der Waals surface area contributed by atoms with Crippen LogP contribution in [0.25, 0.3) is 11.0 Å². The third-order valence-electron chi connectivity index (χ3n) is 3.54. The van der Waals surface area contributed by atoms with Crippen molar-refractivity contribution in [2.75, 3.05) is 12.4 Å². The number of methoxy groups -OCH3 is 1. The number of hydrogen-bond acceptors (Lipinski definition) is 4. The highest BCUT2D eigenvalue weighted by Gasteiger charge is 2.16. The van der Waals surface area contributed by atoms with Crippen LogP contribution >= 0.6 is 11.6 Å². The minimum atomic E-state index is -0.714. The molecular weight excluding hydrogens is 330 g/mol. The van der Waals surface area contributed by atoms with Gasteiger partial charge in [0.2, 0.25) is 0 Å². The van der Waals surface area contributed by atoms with Crippen molar-refractivity contribution < 1.29 is 13.9 Å². The molecule has 0 bridgehead atoms. The zero-order valence-electron chi connectivity index (χ0n) is 13.1. The summed E-state index contributed by atoms with van der Waals surface area (Å²) in [5.74, 6) is -0.0725. The van der Waals surface area contributed by atoms with Gasteiger partial charge in [-0.15, -0.1) is 0 Å². The fourth-order valence-electron chi connectivity index (χ4n) is 2.36. The molecule has 3 rings (SSSR count). The summed E-state index contributed by atoms with van der Waals surface area (Å²) in [5.41, 5.74) is 0.980. The van der Waals surface area contributed by atoms with Gasteiger partial charge >= 0.3 is 5.63 Å². The van der Waals surface area contributed by atoms with Crippen molar-refractivity contribution in [3.05, 3.63) is 69.0 Å². The molecule has 5 nitrogen and oxygen atoms in total. The molecular formula is C18H14ClNO4. The van der Waals surface area contributed by atoms with Crippen LogP contribution in [0.1, 0.15) is 15.9 Å². The second-order valence-corrected chi connectivity index (χ2v) is 5.72. The highest BCUT2D eigenvalue weighted by molar-refractivity contribution is 6.31. The topological polar surface area (TPSA) is 68.5 Å².